The third-order valence-electron chi connectivity index (χ3n) is 3.86. The van der Waals surface area contributed by atoms with Crippen molar-refractivity contribution in [3.05, 3.63) is 28.8 Å². The van der Waals surface area contributed by atoms with Crippen LogP contribution in [0, 0.1) is 17.8 Å². The van der Waals surface area contributed by atoms with Crippen molar-refractivity contribution in [1.29, 1.82) is 0 Å². The van der Waals surface area contributed by atoms with E-state index in [1.165, 1.54) is 6.20 Å². The van der Waals surface area contributed by atoms with Crippen LogP contribution in [0.4, 0.5) is 11.5 Å². The number of nitrogens with zero attached hydrogens (tertiary/aromatic N) is 6. The number of hydrogen-bond donors (Lipinski definition) is 2. The van der Waals surface area contributed by atoms with Gasteiger partial charge >= 0.3 is 0 Å². The smallest absolute Gasteiger partial charge is 0.224 e. The van der Waals surface area contributed by atoms with Gasteiger partial charge in [-0.1, -0.05) is 41.5 Å². The fourth-order valence-electron chi connectivity index (χ4n) is 2.53. The minimum Gasteiger partial charge on any atom is -0.394 e. The number of rotatable bonds is 3. The zero-order valence-electron chi connectivity index (χ0n) is 18.6. The Balaban J connectivity index is 0.000000216. The lowest BCUT2D eigenvalue weighted by Crippen LogP contribution is -2.20. The van der Waals surface area contributed by atoms with Crippen LogP contribution in [-0.4, -0.2) is 36.0 Å². The highest BCUT2D eigenvalue weighted by atomic mass is 35.5. The number of anilines is 2. The van der Waals surface area contributed by atoms with E-state index >= 15 is 0 Å². The average molecular weight is 453 g/mol. The molecule has 164 valence electrons. The van der Waals surface area contributed by atoms with Gasteiger partial charge in [0.25, 0.3) is 0 Å². The molecule has 30 heavy (non-hydrogen) atoms. The second-order valence-corrected chi connectivity index (χ2v) is 10.2. The summed E-state index contributed by atoms with van der Waals surface area (Å²) < 4.78 is 2.09. The van der Waals surface area contributed by atoms with Gasteiger partial charge in [-0.05, 0) is 41.0 Å². The van der Waals surface area contributed by atoms with Crippen molar-refractivity contribution in [3.63, 3.8) is 0 Å². The van der Waals surface area contributed by atoms with Crippen molar-refractivity contribution in [1.82, 2.24) is 29.5 Å². The Labute approximate surface area is 187 Å². The predicted octanol–water partition coefficient (Wildman–Crippen LogP) is 5.00. The number of aryl methyl sites for hydroxylation is 1. The third kappa shape index (κ3) is 7.25. The highest BCUT2D eigenvalue weighted by Crippen LogP contribution is 2.22. The largest absolute Gasteiger partial charge is 0.394 e. The molecule has 0 aliphatic heterocycles. The van der Waals surface area contributed by atoms with Crippen molar-refractivity contribution >= 4 is 45.9 Å². The zero-order chi connectivity index (χ0) is 22.7. The Hall–Kier alpha value is -2.19. The molecule has 10 heteroatoms. The first kappa shape index (κ1) is 24.1. The van der Waals surface area contributed by atoms with Crippen LogP contribution in [0.15, 0.2) is 12.4 Å². The van der Waals surface area contributed by atoms with Crippen LogP contribution in [0.1, 0.15) is 47.4 Å². The van der Waals surface area contributed by atoms with E-state index in [4.69, 9.17) is 28.9 Å². The number of imidazole rings is 1. The maximum atomic E-state index is 5.81. The molecule has 0 fully saturated rings. The minimum absolute atomic E-state index is 0.171. The van der Waals surface area contributed by atoms with Crippen molar-refractivity contribution in [2.45, 2.75) is 55.0 Å². The summed E-state index contributed by atoms with van der Waals surface area (Å²) in [6.07, 6.45) is 3.16. The van der Waals surface area contributed by atoms with Crippen LogP contribution in [0.5, 0.6) is 0 Å². The summed E-state index contributed by atoms with van der Waals surface area (Å²) in [4.78, 5) is 20.4. The first-order chi connectivity index (χ1) is 13.7. The Kier molecular flexibility index (Phi) is 7.47. The van der Waals surface area contributed by atoms with E-state index in [1.807, 2.05) is 6.92 Å². The quantitative estimate of drug-likeness (QED) is 0.537. The lowest BCUT2D eigenvalue weighted by molar-refractivity contribution is 0.344. The second-order valence-electron chi connectivity index (χ2n) is 9.51. The van der Waals surface area contributed by atoms with Gasteiger partial charge in [0.1, 0.15) is 11.3 Å². The highest BCUT2D eigenvalue weighted by Gasteiger charge is 2.17. The molecule has 0 unspecified atom stereocenters. The van der Waals surface area contributed by atoms with Gasteiger partial charge in [-0.2, -0.15) is 9.97 Å². The lowest BCUT2D eigenvalue weighted by atomic mass is 9.97. The van der Waals surface area contributed by atoms with Gasteiger partial charge in [-0.3, -0.25) is 0 Å². The second kappa shape index (κ2) is 9.31. The summed E-state index contributed by atoms with van der Waals surface area (Å²) in [5, 5.41) is 3.60. The number of hydrogen-bond acceptors (Lipinski definition) is 7. The van der Waals surface area contributed by atoms with Crippen LogP contribution in [0.2, 0.25) is 10.6 Å². The summed E-state index contributed by atoms with van der Waals surface area (Å²) in [6.45, 7) is 16.5. The standard InChI is InChI=1S/C11H15ClN4.C9H15ClN4/c1-7-14-8-5-13-10(12)15-9(8)16(7)6-11(2,3)4;1-9(2,3)5-13-7-6(11)4-12-8(10)14-7/h5H,6H2,1-4H3;4H,5,11H2,1-3H3,(H,12,13,14). The molecule has 3 aromatic rings. The summed E-state index contributed by atoms with van der Waals surface area (Å²) in [7, 11) is 0. The summed E-state index contributed by atoms with van der Waals surface area (Å²) in [5.74, 6) is 1.54. The third-order valence-corrected chi connectivity index (χ3v) is 4.22. The molecule has 3 aromatic heterocycles. The van der Waals surface area contributed by atoms with Crippen LogP contribution in [-0.2, 0) is 6.54 Å². The van der Waals surface area contributed by atoms with E-state index in [2.05, 4.69) is 76.3 Å². The van der Waals surface area contributed by atoms with E-state index in [1.54, 1.807) is 6.20 Å². The van der Waals surface area contributed by atoms with Gasteiger partial charge in [0.05, 0.1) is 18.1 Å². The predicted molar refractivity (Wildman–Crippen MR) is 124 cm³/mol. The Morgan fingerprint density at radius 2 is 1.53 bits per heavy atom. The molecule has 3 N–H and O–H groups in total. The van der Waals surface area contributed by atoms with Crippen LogP contribution in [0.3, 0.4) is 0 Å². The van der Waals surface area contributed by atoms with Gasteiger partial charge in [0.2, 0.25) is 10.6 Å². The van der Waals surface area contributed by atoms with Gasteiger partial charge < -0.3 is 15.6 Å². The SMILES string of the molecule is CC(C)(C)CNc1nc(Cl)ncc1N.Cc1nc2cnc(Cl)nc2n1CC(C)(C)C. The molecule has 3 heterocycles. The van der Waals surface area contributed by atoms with Crippen molar-refractivity contribution in [2.24, 2.45) is 10.8 Å². The molecular formula is C20H30Cl2N8. The van der Waals surface area contributed by atoms with E-state index in [-0.39, 0.29) is 21.4 Å². The minimum atomic E-state index is 0.171. The van der Waals surface area contributed by atoms with Gasteiger partial charge in [-0.15, -0.1) is 0 Å². The van der Waals surface area contributed by atoms with E-state index < -0.39 is 0 Å². The fraction of sp³-hybridized carbons (Fsp3) is 0.550. The van der Waals surface area contributed by atoms with Crippen LogP contribution < -0.4 is 11.1 Å². The highest BCUT2D eigenvalue weighted by molar-refractivity contribution is 6.28. The molecule has 0 amide bonds. The summed E-state index contributed by atoms with van der Waals surface area (Å²) in [5.41, 5.74) is 8.14. The average Bonchev–Trinajstić information content (AvgIpc) is 2.89. The number of nitrogens with one attached hydrogen (secondary N) is 1. The summed E-state index contributed by atoms with van der Waals surface area (Å²) in [6, 6.07) is 0. The molecule has 0 aromatic carbocycles. The number of fused-ring (bicyclic) bond motifs is 1. The molecular weight excluding hydrogens is 423 g/mol. The van der Waals surface area contributed by atoms with E-state index in [0.717, 1.165) is 30.1 Å². The Bertz CT molecular complexity index is 1000. The maximum absolute atomic E-state index is 5.81. The first-order valence-corrected chi connectivity index (χ1v) is 10.4. The molecule has 0 saturated heterocycles. The van der Waals surface area contributed by atoms with Gasteiger partial charge in [-0.25, -0.2) is 15.0 Å². The van der Waals surface area contributed by atoms with Crippen molar-refractivity contribution in [3.8, 4) is 0 Å². The molecule has 0 aliphatic rings. The van der Waals surface area contributed by atoms with Crippen LogP contribution in [0.25, 0.3) is 11.2 Å². The molecule has 0 aliphatic carbocycles. The Morgan fingerprint density at radius 3 is 2.13 bits per heavy atom. The maximum Gasteiger partial charge on any atom is 0.224 e. The van der Waals surface area contributed by atoms with E-state index in [0.29, 0.717) is 11.5 Å². The van der Waals surface area contributed by atoms with Gasteiger partial charge in [0, 0.05) is 13.1 Å². The molecule has 0 radical (unpaired) electrons. The topological polar surface area (TPSA) is 107 Å². The first-order valence-electron chi connectivity index (χ1n) is 9.62. The zero-order valence-corrected chi connectivity index (χ0v) is 20.1. The number of halogens is 2. The molecule has 0 atom stereocenters. The Morgan fingerprint density at radius 1 is 0.933 bits per heavy atom. The lowest BCUT2D eigenvalue weighted by Gasteiger charge is -2.20. The molecule has 8 nitrogen and oxygen atoms in total. The number of aromatic nitrogens is 6. The molecule has 0 saturated carbocycles. The van der Waals surface area contributed by atoms with Crippen molar-refractivity contribution < 1.29 is 0 Å². The number of nitrogen functional groups attached to an aromatic ring is 1. The van der Waals surface area contributed by atoms with Crippen molar-refractivity contribution in [2.75, 3.05) is 17.6 Å². The molecule has 3 rings (SSSR count). The van der Waals surface area contributed by atoms with Crippen LogP contribution >= 0.6 is 23.2 Å². The normalized spacial score (nSPS) is 11.9. The van der Waals surface area contributed by atoms with Gasteiger partial charge in [0.15, 0.2) is 11.5 Å². The van der Waals surface area contributed by atoms with E-state index in [9.17, 15) is 0 Å². The summed E-state index contributed by atoms with van der Waals surface area (Å²) >= 11 is 11.5. The number of nitrogens with two attached hydrogens (primary N) is 1. The fourth-order valence-corrected chi connectivity index (χ4v) is 2.80. The molecule has 0 bridgehead atoms. The monoisotopic (exact) mass is 452 g/mol. The molecule has 0 spiro atoms.